The first-order chi connectivity index (χ1) is 12.1. The third kappa shape index (κ3) is 3.31. The van der Waals surface area contributed by atoms with E-state index in [2.05, 4.69) is 58.3 Å². The van der Waals surface area contributed by atoms with Crippen molar-refractivity contribution in [3.05, 3.63) is 40.0 Å². The van der Waals surface area contributed by atoms with Crippen LogP contribution in [0.2, 0.25) is 5.28 Å². The lowest BCUT2D eigenvalue weighted by atomic mass is 10.1. The van der Waals surface area contributed by atoms with E-state index in [1.807, 2.05) is 0 Å². The van der Waals surface area contributed by atoms with Crippen LogP contribution in [-0.4, -0.2) is 23.1 Å². The fraction of sp³-hybridized carbons (Fsp3) is 0.368. The second-order valence-electron chi connectivity index (χ2n) is 6.52. The lowest BCUT2D eigenvalue weighted by Crippen LogP contribution is -2.29. The summed E-state index contributed by atoms with van der Waals surface area (Å²) in [5, 5.41) is 4.77. The van der Waals surface area contributed by atoms with Gasteiger partial charge in [-0.25, -0.2) is 4.98 Å². The molecule has 4 rings (SSSR count). The summed E-state index contributed by atoms with van der Waals surface area (Å²) in [6.07, 6.45) is 3.92. The predicted molar refractivity (Wildman–Crippen MR) is 108 cm³/mol. The number of rotatable bonds is 3. The van der Waals surface area contributed by atoms with Gasteiger partial charge in [0, 0.05) is 29.3 Å². The highest BCUT2D eigenvalue weighted by atomic mass is 35.5. The molecule has 0 saturated carbocycles. The normalized spacial score (nSPS) is 14.9. The molecule has 25 heavy (non-hydrogen) atoms. The number of piperidine rings is 1. The Morgan fingerprint density at radius 1 is 1.04 bits per heavy atom. The number of hydrogen-bond acceptors (Lipinski definition) is 5. The molecule has 1 fully saturated rings. The van der Waals surface area contributed by atoms with Gasteiger partial charge in [-0.05, 0) is 74.5 Å². The van der Waals surface area contributed by atoms with Crippen LogP contribution in [0, 0.1) is 13.8 Å². The maximum absolute atomic E-state index is 6.12. The molecular weight excluding hydrogens is 352 g/mol. The van der Waals surface area contributed by atoms with Crippen LogP contribution in [0.15, 0.2) is 24.3 Å². The highest BCUT2D eigenvalue weighted by Gasteiger charge is 2.15. The molecule has 6 heteroatoms. The number of aromatic nitrogens is 2. The number of nitrogens with zero attached hydrogens (tertiary/aromatic N) is 3. The van der Waals surface area contributed by atoms with Crippen molar-refractivity contribution in [1.29, 1.82) is 0 Å². The summed E-state index contributed by atoms with van der Waals surface area (Å²) >= 11 is 7.77. The van der Waals surface area contributed by atoms with Crippen molar-refractivity contribution in [3.63, 3.8) is 0 Å². The van der Waals surface area contributed by atoms with Gasteiger partial charge in [0.15, 0.2) is 0 Å². The number of anilines is 3. The third-order valence-corrected chi connectivity index (χ3v) is 6.12. The number of thiophene rings is 1. The average Bonchev–Trinajstić information content (AvgIpc) is 2.90. The summed E-state index contributed by atoms with van der Waals surface area (Å²) in [5.74, 6) is 0.780. The largest absolute Gasteiger partial charge is 0.372 e. The molecule has 4 nitrogen and oxygen atoms in total. The quantitative estimate of drug-likeness (QED) is 0.599. The Bertz CT molecular complexity index is 898. The molecule has 1 saturated heterocycles. The Morgan fingerprint density at radius 3 is 2.48 bits per heavy atom. The standard InChI is InChI=1S/C19H21ClN4S/c1-12-13(2)25-18-16(12)17(22-19(20)23-18)21-14-6-8-15(9-7-14)24-10-4-3-5-11-24/h6-9H,3-5,10-11H2,1-2H3,(H,21,22,23). The highest BCUT2D eigenvalue weighted by molar-refractivity contribution is 7.18. The van der Waals surface area contributed by atoms with E-state index in [1.165, 1.54) is 35.4 Å². The van der Waals surface area contributed by atoms with Crippen molar-refractivity contribution in [1.82, 2.24) is 9.97 Å². The molecule has 1 aromatic carbocycles. The van der Waals surface area contributed by atoms with Gasteiger partial charge in [-0.2, -0.15) is 4.98 Å². The molecule has 2 aromatic heterocycles. The van der Waals surface area contributed by atoms with E-state index in [0.29, 0.717) is 0 Å². The third-order valence-electron chi connectivity index (χ3n) is 4.85. The number of hydrogen-bond donors (Lipinski definition) is 1. The van der Waals surface area contributed by atoms with Crippen LogP contribution in [0.3, 0.4) is 0 Å². The van der Waals surface area contributed by atoms with Crippen LogP contribution < -0.4 is 10.2 Å². The van der Waals surface area contributed by atoms with Crippen molar-refractivity contribution < 1.29 is 0 Å². The predicted octanol–water partition coefficient (Wildman–Crippen LogP) is 5.70. The van der Waals surface area contributed by atoms with Gasteiger partial charge in [-0.1, -0.05) is 0 Å². The summed E-state index contributed by atoms with van der Waals surface area (Å²) in [6.45, 7) is 6.52. The molecule has 0 amide bonds. The molecule has 0 unspecified atom stereocenters. The van der Waals surface area contributed by atoms with E-state index in [-0.39, 0.29) is 5.28 Å². The summed E-state index contributed by atoms with van der Waals surface area (Å²) in [5.41, 5.74) is 3.52. The van der Waals surface area contributed by atoms with Gasteiger partial charge in [0.1, 0.15) is 10.6 Å². The Morgan fingerprint density at radius 2 is 1.76 bits per heavy atom. The van der Waals surface area contributed by atoms with E-state index in [9.17, 15) is 0 Å². The fourth-order valence-corrected chi connectivity index (χ4v) is 4.61. The first-order valence-corrected chi connectivity index (χ1v) is 9.86. The molecule has 0 atom stereocenters. The monoisotopic (exact) mass is 372 g/mol. The zero-order valence-electron chi connectivity index (χ0n) is 14.5. The van der Waals surface area contributed by atoms with Crippen LogP contribution in [0.1, 0.15) is 29.7 Å². The van der Waals surface area contributed by atoms with Crippen molar-refractivity contribution in [3.8, 4) is 0 Å². The Hall–Kier alpha value is -1.85. The lowest BCUT2D eigenvalue weighted by Gasteiger charge is -2.28. The minimum absolute atomic E-state index is 0.279. The maximum atomic E-state index is 6.12. The number of fused-ring (bicyclic) bond motifs is 1. The molecule has 0 spiro atoms. The van der Waals surface area contributed by atoms with Crippen molar-refractivity contribution in [2.75, 3.05) is 23.3 Å². The molecule has 3 aromatic rings. The van der Waals surface area contributed by atoms with E-state index in [4.69, 9.17) is 11.6 Å². The van der Waals surface area contributed by atoms with Gasteiger partial charge in [0.2, 0.25) is 5.28 Å². The van der Waals surface area contributed by atoms with E-state index >= 15 is 0 Å². The fourth-order valence-electron chi connectivity index (χ4n) is 3.36. The second-order valence-corrected chi connectivity index (χ2v) is 8.07. The number of aryl methyl sites for hydroxylation is 2. The molecule has 3 heterocycles. The Balaban J connectivity index is 1.63. The van der Waals surface area contributed by atoms with Crippen LogP contribution in [0.4, 0.5) is 17.2 Å². The molecule has 1 aliphatic heterocycles. The first-order valence-electron chi connectivity index (χ1n) is 8.67. The topological polar surface area (TPSA) is 41.1 Å². The zero-order valence-corrected chi connectivity index (χ0v) is 16.0. The smallest absolute Gasteiger partial charge is 0.225 e. The minimum atomic E-state index is 0.279. The lowest BCUT2D eigenvalue weighted by molar-refractivity contribution is 0.578. The van der Waals surface area contributed by atoms with Crippen LogP contribution in [0.5, 0.6) is 0 Å². The number of benzene rings is 1. The van der Waals surface area contributed by atoms with Crippen LogP contribution in [-0.2, 0) is 0 Å². The van der Waals surface area contributed by atoms with E-state index in [1.54, 1.807) is 11.3 Å². The highest BCUT2D eigenvalue weighted by Crippen LogP contribution is 2.35. The van der Waals surface area contributed by atoms with E-state index in [0.717, 1.165) is 34.8 Å². The Kier molecular flexibility index (Phi) is 4.52. The van der Waals surface area contributed by atoms with Crippen molar-refractivity contribution >= 4 is 50.3 Å². The summed E-state index contributed by atoms with van der Waals surface area (Å²) in [4.78, 5) is 13.4. The van der Waals surface area contributed by atoms with Gasteiger partial charge in [0.25, 0.3) is 0 Å². The first kappa shape index (κ1) is 16.6. The van der Waals surface area contributed by atoms with Crippen molar-refractivity contribution in [2.45, 2.75) is 33.1 Å². The Labute approximate surface area is 156 Å². The van der Waals surface area contributed by atoms with Crippen molar-refractivity contribution in [2.24, 2.45) is 0 Å². The molecule has 1 N–H and O–H groups in total. The average molecular weight is 373 g/mol. The summed E-state index contributed by atoms with van der Waals surface area (Å²) in [6, 6.07) is 8.58. The van der Waals surface area contributed by atoms with Gasteiger partial charge in [-0.3, -0.25) is 0 Å². The maximum Gasteiger partial charge on any atom is 0.225 e. The number of halogens is 1. The minimum Gasteiger partial charge on any atom is -0.372 e. The van der Waals surface area contributed by atoms with Crippen LogP contribution in [0.25, 0.3) is 10.2 Å². The molecule has 0 bridgehead atoms. The summed E-state index contributed by atoms with van der Waals surface area (Å²) < 4.78 is 0. The molecule has 0 radical (unpaired) electrons. The molecule has 1 aliphatic rings. The summed E-state index contributed by atoms with van der Waals surface area (Å²) in [7, 11) is 0. The van der Waals surface area contributed by atoms with Gasteiger partial charge < -0.3 is 10.2 Å². The molecule has 0 aliphatic carbocycles. The SMILES string of the molecule is Cc1sc2nc(Cl)nc(Nc3ccc(N4CCCCC4)cc3)c2c1C. The molecule has 130 valence electrons. The van der Waals surface area contributed by atoms with Gasteiger partial charge in [0.05, 0.1) is 5.39 Å². The van der Waals surface area contributed by atoms with Gasteiger partial charge in [-0.15, -0.1) is 11.3 Å². The number of nitrogens with one attached hydrogen (secondary N) is 1. The second kappa shape index (κ2) is 6.81. The van der Waals surface area contributed by atoms with Crippen LogP contribution >= 0.6 is 22.9 Å². The van der Waals surface area contributed by atoms with E-state index < -0.39 is 0 Å². The molecular formula is C19H21ClN4S. The zero-order chi connectivity index (χ0) is 17.4. The van der Waals surface area contributed by atoms with Gasteiger partial charge >= 0.3 is 0 Å².